The summed E-state index contributed by atoms with van der Waals surface area (Å²) in [7, 11) is 0. The van der Waals surface area contributed by atoms with Crippen molar-refractivity contribution < 1.29 is 19.8 Å². The maximum absolute atomic E-state index is 11.3. The first kappa shape index (κ1) is 13.6. The SMILES string of the molecule is C=CC(NC(=O)C(N)CC(=O)O)C(C)O. The number of hydrogen-bond acceptors (Lipinski definition) is 4. The second kappa shape index (κ2) is 6.15. The summed E-state index contributed by atoms with van der Waals surface area (Å²) in [5.74, 6) is -1.77. The van der Waals surface area contributed by atoms with Crippen molar-refractivity contribution in [1.29, 1.82) is 0 Å². The van der Waals surface area contributed by atoms with E-state index in [0.717, 1.165) is 0 Å². The van der Waals surface area contributed by atoms with E-state index in [-0.39, 0.29) is 0 Å². The maximum atomic E-state index is 11.3. The van der Waals surface area contributed by atoms with Crippen molar-refractivity contribution in [3.05, 3.63) is 12.7 Å². The summed E-state index contributed by atoms with van der Waals surface area (Å²) in [6, 6.07) is -1.75. The van der Waals surface area contributed by atoms with E-state index in [1.165, 1.54) is 13.0 Å². The summed E-state index contributed by atoms with van der Waals surface area (Å²) in [4.78, 5) is 21.6. The van der Waals surface area contributed by atoms with E-state index in [4.69, 9.17) is 10.8 Å². The standard InChI is InChI=1S/C9H16N2O4/c1-3-7(5(2)12)11-9(15)6(10)4-8(13)14/h3,5-7,12H,1,4,10H2,2H3,(H,11,15)(H,13,14). The molecule has 6 heteroatoms. The van der Waals surface area contributed by atoms with Crippen LogP contribution in [0.15, 0.2) is 12.7 Å². The lowest BCUT2D eigenvalue weighted by molar-refractivity contribution is -0.139. The van der Waals surface area contributed by atoms with Crippen molar-refractivity contribution in [3.8, 4) is 0 Å². The molecular weight excluding hydrogens is 200 g/mol. The summed E-state index contributed by atoms with van der Waals surface area (Å²) < 4.78 is 0. The molecule has 0 heterocycles. The Balaban J connectivity index is 4.21. The Hall–Kier alpha value is -1.40. The van der Waals surface area contributed by atoms with Gasteiger partial charge in [0.2, 0.25) is 5.91 Å². The molecule has 86 valence electrons. The molecule has 0 aromatic heterocycles. The Kier molecular flexibility index (Phi) is 5.58. The summed E-state index contributed by atoms with van der Waals surface area (Å²) in [5.41, 5.74) is 5.31. The molecule has 0 aromatic carbocycles. The zero-order valence-corrected chi connectivity index (χ0v) is 8.51. The van der Waals surface area contributed by atoms with Crippen LogP contribution in [-0.2, 0) is 9.59 Å². The molecule has 0 fully saturated rings. The average Bonchev–Trinajstić information content (AvgIpc) is 2.11. The minimum atomic E-state index is -1.15. The van der Waals surface area contributed by atoms with Crippen LogP contribution < -0.4 is 11.1 Å². The molecular formula is C9H16N2O4. The number of amides is 1. The van der Waals surface area contributed by atoms with Gasteiger partial charge in [-0.05, 0) is 6.92 Å². The van der Waals surface area contributed by atoms with Gasteiger partial charge in [-0.15, -0.1) is 6.58 Å². The molecule has 0 aliphatic carbocycles. The number of hydrogen-bond donors (Lipinski definition) is 4. The van der Waals surface area contributed by atoms with Crippen LogP contribution in [0.2, 0.25) is 0 Å². The zero-order valence-electron chi connectivity index (χ0n) is 8.51. The normalized spacial score (nSPS) is 16.2. The van der Waals surface area contributed by atoms with Gasteiger partial charge in [0.15, 0.2) is 0 Å². The van der Waals surface area contributed by atoms with E-state index >= 15 is 0 Å². The molecule has 1 amide bonds. The molecule has 0 aliphatic heterocycles. The zero-order chi connectivity index (χ0) is 12.0. The molecule has 0 saturated heterocycles. The van der Waals surface area contributed by atoms with Gasteiger partial charge in [0.25, 0.3) is 0 Å². The third kappa shape index (κ3) is 5.14. The van der Waals surface area contributed by atoms with Crippen molar-refractivity contribution in [2.75, 3.05) is 0 Å². The van der Waals surface area contributed by atoms with Crippen molar-refractivity contribution in [2.45, 2.75) is 31.5 Å². The minimum absolute atomic E-state index is 0.449. The Morgan fingerprint density at radius 2 is 2.13 bits per heavy atom. The molecule has 0 radical (unpaired) electrons. The molecule has 0 aromatic rings. The number of carboxylic acid groups (broad SMARTS) is 1. The van der Waals surface area contributed by atoms with Crippen LogP contribution in [0.25, 0.3) is 0 Å². The van der Waals surface area contributed by atoms with E-state index in [9.17, 15) is 14.7 Å². The van der Waals surface area contributed by atoms with Gasteiger partial charge in [-0.25, -0.2) is 0 Å². The molecule has 0 aliphatic rings. The van der Waals surface area contributed by atoms with Crippen LogP contribution in [0.3, 0.4) is 0 Å². The van der Waals surface area contributed by atoms with Crippen molar-refractivity contribution in [1.82, 2.24) is 5.32 Å². The average molecular weight is 216 g/mol. The van der Waals surface area contributed by atoms with Crippen LogP contribution in [-0.4, -0.2) is 40.3 Å². The summed E-state index contributed by atoms with van der Waals surface area (Å²) in [6.45, 7) is 4.91. The lowest BCUT2D eigenvalue weighted by Crippen LogP contribution is -2.48. The second-order valence-corrected chi connectivity index (χ2v) is 3.22. The number of aliphatic hydroxyl groups excluding tert-OH is 1. The highest BCUT2D eigenvalue weighted by molar-refractivity contribution is 5.86. The van der Waals surface area contributed by atoms with Crippen LogP contribution >= 0.6 is 0 Å². The highest BCUT2D eigenvalue weighted by atomic mass is 16.4. The Morgan fingerprint density at radius 1 is 1.60 bits per heavy atom. The summed E-state index contributed by atoms with van der Waals surface area (Å²) in [5, 5.41) is 20.0. The number of carbonyl (C=O) groups excluding carboxylic acids is 1. The van der Waals surface area contributed by atoms with Gasteiger partial charge < -0.3 is 21.3 Å². The number of nitrogens with one attached hydrogen (secondary N) is 1. The van der Waals surface area contributed by atoms with Gasteiger partial charge in [0, 0.05) is 0 Å². The van der Waals surface area contributed by atoms with Gasteiger partial charge in [0.05, 0.1) is 24.6 Å². The third-order valence-corrected chi connectivity index (χ3v) is 1.81. The minimum Gasteiger partial charge on any atom is -0.481 e. The molecule has 15 heavy (non-hydrogen) atoms. The van der Waals surface area contributed by atoms with Crippen LogP contribution in [0.1, 0.15) is 13.3 Å². The lowest BCUT2D eigenvalue weighted by atomic mass is 10.1. The van der Waals surface area contributed by atoms with Crippen molar-refractivity contribution >= 4 is 11.9 Å². The highest BCUT2D eigenvalue weighted by Gasteiger charge is 2.20. The lowest BCUT2D eigenvalue weighted by Gasteiger charge is -2.19. The summed E-state index contributed by atoms with van der Waals surface area (Å²) in [6.07, 6.45) is 0.106. The highest BCUT2D eigenvalue weighted by Crippen LogP contribution is 1.96. The topological polar surface area (TPSA) is 113 Å². The van der Waals surface area contributed by atoms with Gasteiger partial charge in [-0.1, -0.05) is 6.08 Å². The first-order valence-electron chi connectivity index (χ1n) is 4.46. The molecule has 0 saturated carbocycles. The molecule has 0 bridgehead atoms. The fraction of sp³-hybridized carbons (Fsp3) is 0.556. The Bertz CT molecular complexity index is 252. The smallest absolute Gasteiger partial charge is 0.305 e. The molecule has 5 N–H and O–H groups in total. The number of aliphatic carboxylic acids is 1. The van der Waals surface area contributed by atoms with E-state index in [1.807, 2.05) is 0 Å². The Morgan fingerprint density at radius 3 is 2.47 bits per heavy atom. The predicted molar refractivity (Wildman–Crippen MR) is 54.0 cm³/mol. The first-order valence-corrected chi connectivity index (χ1v) is 4.46. The van der Waals surface area contributed by atoms with E-state index in [1.54, 1.807) is 0 Å². The molecule has 3 unspecified atom stereocenters. The first-order chi connectivity index (χ1) is 6.88. The second-order valence-electron chi connectivity index (χ2n) is 3.22. The maximum Gasteiger partial charge on any atom is 0.305 e. The van der Waals surface area contributed by atoms with Crippen molar-refractivity contribution in [3.63, 3.8) is 0 Å². The fourth-order valence-electron chi connectivity index (χ4n) is 0.929. The molecule has 0 rings (SSSR count). The van der Waals surface area contributed by atoms with Crippen LogP contribution in [0.4, 0.5) is 0 Å². The van der Waals surface area contributed by atoms with E-state index in [2.05, 4.69) is 11.9 Å². The fourth-order valence-corrected chi connectivity index (χ4v) is 0.929. The van der Waals surface area contributed by atoms with Crippen LogP contribution in [0, 0.1) is 0 Å². The van der Waals surface area contributed by atoms with Crippen LogP contribution in [0.5, 0.6) is 0 Å². The Labute approximate surface area is 87.8 Å². The van der Waals surface area contributed by atoms with Gasteiger partial charge >= 0.3 is 5.97 Å². The quantitative estimate of drug-likeness (QED) is 0.418. The van der Waals surface area contributed by atoms with E-state index < -0.39 is 36.5 Å². The molecule has 3 atom stereocenters. The number of carbonyl (C=O) groups is 2. The van der Waals surface area contributed by atoms with Gasteiger partial charge in [-0.3, -0.25) is 9.59 Å². The number of rotatable bonds is 6. The third-order valence-electron chi connectivity index (χ3n) is 1.81. The van der Waals surface area contributed by atoms with Gasteiger partial charge in [0.1, 0.15) is 0 Å². The van der Waals surface area contributed by atoms with Gasteiger partial charge in [-0.2, -0.15) is 0 Å². The monoisotopic (exact) mass is 216 g/mol. The number of nitrogens with two attached hydrogens (primary N) is 1. The van der Waals surface area contributed by atoms with E-state index in [0.29, 0.717) is 0 Å². The summed E-state index contributed by atoms with van der Waals surface area (Å²) >= 11 is 0. The number of aliphatic hydroxyl groups is 1. The number of carboxylic acids is 1. The largest absolute Gasteiger partial charge is 0.481 e. The molecule has 6 nitrogen and oxygen atoms in total. The molecule has 0 spiro atoms. The predicted octanol–water partition coefficient (Wildman–Crippen LogP) is -1.16. The van der Waals surface area contributed by atoms with Crippen molar-refractivity contribution in [2.24, 2.45) is 5.73 Å².